The number of hydrogen-bond donors (Lipinski definition) is 2. The molecule has 150 valence electrons. The van der Waals surface area contributed by atoms with Crippen LogP contribution in [0, 0.1) is 18.3 Å². The monoisotopic (exact) mass is 417 g/mol. The largest absolute Gasteiger partial charge is 0.489 e. The number of hydrogen-bond acceptors (Lipinski definition) is 7. The van der Waals surface area contributed by atoms with E-state index in [9.17, 15) is 15.3 Å². The van der Waals surface area contributed by atoms with E-state index in [0.717, 1.165) is 22.6 Å². The Labute approximate surface area is 178 Å². The Hall–Kier alpha value is -3.19. The lowest BCUT2D eigenvalue weighted by Crippen LogP contribution is -2.30. The quantitative estimate of drug-likeness (QED) is 0.485. The minimum absolute atomic E-state index is 0.370. The van der Waals surface area contributed by atoms with Crippen LogP contribution in [-0.4, -0.2) is 38.6 Å². The van der Waals surface area contributed by atoms with Gasteiger partial charge in [0.2, 0.25) is 0 Å². The fraction of sp³-hybridized carbons (Fsp3) is 0.190. The predicted octanol–water partition coefficient (Wildman–Crippen LogP) is 2.65. The second-order valence-electron chi connectivity index (χ2n) is 7.01. The highest BCUT2D eigenvalue weighted by molar-refractivity contribution is 7.16. The molecule has 0 saturated carbocycles. The van der Waals surface area contributed by atoms with Crippen LogP contribution in [0.5, 0.6) is 0 Å². The lowest BCUT2D eigenvalue weighted by molar-refractivity contribution is 0.425. The van der Waals surface area contributed by atoms with Crippen molar-refractivity contribution in [2.75, 3.05) is 11.9 Å². The zero-order chi connectivity index (χ0) is 21.4. The molecule has 7 nitrogen and oxygen atoms in total. The molecular formula is C21H20BN5O2S. The molecule has 0 saturated heterocycles. The summed E-state index contributed by atoms with van der Waals surface area (Å²) in [6, 6.07) is 13.6. The molecule has 2 N–H and O–H groups in total. The van der Waals surface area contributed by atoms with Gasteiger partial charge in [-0.1, -0.05) is 54.2 Å². The smallest absolute Gasteiger partial charge is 0.423 e. The van der Waals surface area contributed by atoms with Gasteiger partial charge >= 0.3 is 7.12 Å². The molecule has 0 bridgehead atoms. The SMILES string of the molecule is CCc1nc2ccc(B(O)O)cn2c1N(C)c1nc(-c2ccc(C)cc2)c(C#N)s1. The van der Waals surface area contributed by atoms with Crippen LogP contribution in [0.3, 0.4) is 0 Å². The van der Waals surface area contributed by atoms with Gasteiger partial charge in [0.25, 0.3) is 0 Å². The van der Waals surface area contributed by atoms with E-state index in [1.165, 1.54) is 11.3 Å². The molecule has 4 rings (SSSR count). The Morgan fingerprint density at radius 1 is 1.17 bits per heavy atom. The molecule has 0 fully saturated rings. The predicted molar refractivity (Wildman–Crippen MR) is 119 cm³/mol. The summed E-state index contributed by atoms with van der Waals surface area (Å²) in [6.07, 6.45) is 2.36. The van der Waals surface area contributed by atoms with E-state index >= 15 is 0 Å². The van der Waals surface area contributed by atoms with E-state index in [-0.39, 0.29) is 0 Å². The molecule has 0 spiro atoms. The number of nitriles is 1. The van der Waals surface area contributed by atoms with Crippen molar-refractivity contribution in [3.63, 3.8) is 0 Å². The van der Waals surface area contributed by atoms with E-state index < -0.39 is 7.12 Å². The maximum absolute atomic E-state index is 9.66. The minimum atomic E-state index is -1.57. The summed E-state index contributed by atoms with van der Waals surface area (Å²) in [7, 11) is 0.307. The molecule has 4 aromatic rings. The molecule has 0 atom stereocenters. The number of aromatic nitrogens is 3. The fourth-order valence-corrected chi connectivity index (χ4v) is 4.22. The number of benzene rings is 1. The third-order valence-electron chi connectivity index (χ3n) is 4.97. The molecule has 0 radical (unpaired) electrons. The van der Waals surface area contributed by atoms with Gasteiger partial charge in [0.05, 0.1) is 5.69 Å². The zero-order valence-corrected chi connectivity index (χ0v) is 17.7. The maximum Gasteiger partial charge on any atom is 0.489 e. The molecule has 30 heavy (non-hydrogen) atoms. The number of pyridine rings is 1. The van der Waals surface area contributed by atoms with Gasteiger partial charge in [-0.3, -0.25) is 4.40 Å². The second kappa shape index (κ2) is 7.92. The van der Waals surface area contributed by atoms with Crippen molar-refractivity contribution in [1.82, 2.24) is 14.4 Å². The van der Waals surface area contributed by atoms with E-state index in [4.69, 9.17) is 4.98 Å². The lowest BCUT2D eigenvalue weighted by Gasteiger charge is -2.17. The summed E-state index contributed by atoms with van der Waals surface area (Å²) in [5, 5.41) is 29.5. The molecule has 9 heteroatoms. The van der Waals surface area contributed by atoms with Gasteiger partial charge in [0.15, 0.2) is 5.13 Å². The molecule has 0 unspecified atom stereocenters. The van der Waals surface area contributed by atoms with Crippen molar-refractivity contribution < 1.29 is 10.0 Å². The molecule has 1 aromatic carbocycles. The Bertz CT molecular complexity index is 1260. The Balaban J connectivity index is 1.84. The number of thiazole rings is 1. The van der Waals surface area contributed by atoms with E-state index in [2.05, 4.69) is 11.1 Å². The summed E-state index contributed by atoms with van der Waals surface area (Å²) < 4.78 is 1.83. The van der Waals surface area contributed by atoms with E-state index in [1.54, 1.807) is 18.3 Å². The Morgan fingerprint density at radius 2 is 1.90 bits per heavy atom. The van der Waals surface area contributed by atoms with E-state index in [1.807, 2.05) is 54.5 Å². The first-order chi connectivity index (χ1) is 14.4. The van der Waals surface area contributed by atoms with Crippen molar-refractivity contribution >= 4 is 40.5 Å². The van der Waals surface area contributed by atoms with Crippen LogP contribution in [0.1, 0.15) is 23.1 Å². The molecule has 0 aliphatic heterocycles. The summed E-state index contributed by atoms with van der Waals surface area (Å²) in [5.74, 6) is 0.781. The number of imidazole rings is 1. The van der Waals surface area contributed by atoms with E-state index in [0.29, 0.717) is 33.2 Å². The molecule has 3 aromatic heterocycles. The number of aryl methyl sites for hydroxylation is 2. The highest BCUT2D eigenvalue weighted by atomic mass is 32.1. The van der Waals surface area contributed by atoms with Crippen molar-refractivity contribution in [1.29, 1.82) is 5.26 Å². The molecular weight excluding hydrogens is 397 g/mol. The van der Waals surface area contributed by atoms with Gasteiger partial charge in [-0.25, -0.2) is 9.97 Å². The molecule has 3 heterocycles. The summed E-state index contributed by atoms with van der Waals surface area (Å²) in [6.45, 7) is 4.03. The van der Waals surface area contributed by atoms with Crippen molar-refractivity contribution in [2.24, 2.45) is 0 Å². The van der Waals surface area contributed by atoms with Gasteiger partial charge < -0.3 is 14.9 Å². The lowest BCUT2D eigenvalue weighted by atomic mass is 9.82. The standard InChI is InChI=1S/C21H20BN5O2S/c1-4-16-20(27-12-15(22(28)29)9-10-18(27)24-16)26(3)21-25-19(17(11-23)30-21)14-7-5-13(2)6-8-14/h5-10,12,28-29H,4H2,1-3H3. The van der Waals surface area contributed by atoms with Crippen LogP contribution in [0.15, 0.2) is 42.6 Å². The van der Waals surface area contributed by atoms with Crippen molar-refractivity contribution in [3.05, 3.63) is 58.7 Å². The van der Waals surface area contributed by atoms with Crippen LogP contribution in [0.4, 0.5) is 10.9 Å². The first-order valence-electron chi connectivity index (χ1n) is 9.51. The molecule has 0 aliphatic rings. The number of nitrogens with zero attached hydrogens (tertiary/aromatic N) is 5. The minimum Gasteiger partial charge on any atom is -0.423 e. The highest BCUT2D eigenvalue weighted by Crippen LogP contribution is 2.36. The molecule has 0 aliphatic carbocycles. The fourth-order valence-electron chi connectivity index (χ4n) is 3.37. The normalized spacial score (nSPS) is 10.9. The number of anilines is 2. The number of rotatable bonds is 5. The van der Waals surface area contributed by atoms with Crippen LogP contribution in [0.25, 0.3) is 16.9 Å². The highest BCUT2D eigenvalue weighted by Gasteiger charge is 2.22. The Kier molecular flexibility index (Phi) is 5.30. The van der Waals surface area contributed by atoms with Gasteiger partial charge in [-0.05, 0) is 24.9 Å². The van der Waals surface area contributed by atoms with Gasteiger partial charge in [0.1, 0.15) is 28.1 Å². The van der Waals surface area contributed by atoms with Crippen molar-refractivity contribution in [3.8, 4) is 17.3 Å². The summed E-state index contributed by atoms with van der Waals surface area (Å²) in [5.41, 5.74) is 4.62. The third-order valence-corrected chi connectivity index (χ3v) is 6.00. The molecule has 0 amide bonds. The topological polar surface area (TPSA) is 97.7 Å². The Morgan fingerprint density at radius 3 is 2.53 bits per heavy atom. The first kappa shape index (κ1) is 20.1. The maximum atomic E-state index is 9.66. The van der Waals surface area contributed by atoms with Crippen LogP contribution in [0.2, 0.25) is 0 Å². The summed E-state index contributed by atoms with van der Waals surface area (Å²) in [4.78, 5) is 11.9. The van der Waals surface area contributed by atoms with Gasteiger partial charge in [-0.15, -0.1) is 0 Å². The van der Waals surface area contributed by atoms with Crippen LogP contribution in [-0.2, 0) is 6.42 Å². The third kappa shape index (κ3) is 3.46. The summed E-state index contributed by atoms with van der Waals surface area (Å²) >= 11 is 1.32. The number of fused-ring (bicyclic) bond motifs is 1. The zero-order valence-electron chi connectivity index (χ0n) is 16.9. The van der Waals surface area contributed by atoms with Crippen molar-refractivity contribution in [2.45, 2.75) is 20.3 Å². The van der Waals surface area contributed by atoms with Crippen LogP contribution >= 0.6 is 11.3 Å². The first-order valence-corrected chi connectivity index (χ1v) is 10.3. The average Bonchev–Trinajstić information content (AvgIpc) is 3.34. The van der Waals surface area contributed by atoms with Crippen LogP contribution < -0.4 is 10.4 Å². The second-order valence-corrected chi connectivity index (χ2v) is 7.99. The average molecular weight is 417 g/mol. The van der Waals surface area contributed by atoms with Gasteiger partial charge in [0, 0.05) is 18.8 Å². The van der Waals surface area contributed by atoms with Gasteiger partial charge in [-0.2, -0.15) is 5.26 Å².